The summed E-state index contributed by atoms with van der Waals surface area (Å²) in [6.07, 6.45) is 2.13. The standard InChI is InChI=1S/C17H16/c1-14(16-9-5-3-6-10-16)13-15(2)17-11-7-4-8-12-17/h3-13H,1H2,2H3. The summed E-state index contributed by atoms with van der Waals surface area (Å²) in [4.78, 5) is 0. The fraction of sp³-hybridized carbons (Fsp3) is 0.0588. The molecule has 0 aliphatic heterocycles. The SMILES string of the molecule is C=C(C=C(C)c1ccccc1)c1ccccc1. The molecule has 0 saturated heterocycles. The predicted molar refractivity (Wildman–Crippen MR) is 75.6 cm³/mol. The Morgan fingerprint density at radius 3 is 1.82 bits per heavy atom. The third-order valence-corrected chi connectivity index (χ3v) is 2.76. The van der Waals surface area contributed by atoms with Gasteiger partial charge < -0.3 is 0 Å². The lowest BCUT2D eigenvalue weighted by Gasteiger charge is -2.04. The van der Waals surface area contributed by atoms with Crippen LogP contribution in [0.25, 0.3) is 11.1 Å². The molecule has 0 heterocycles. The lowest BCUT2D eigenvalue weighted by atomic mass is 10.0. The van der Waals surface area contributed by atoms with Crippen LogP contribution in [0.4, 0.5) is 0 Å². The molecule has 0 fully saturated rings. The van der Waals surface area contributed by atoms with Gasteiger partial charge in [0.1, 0.15) is 0 Å². The van der Waals surface area contributed by atoms with Crippen molar-refractivity contribution in [2.75, 3.05) is 0 Å². The molecule has 0 bridgehead atoms. The zero-order valence-electron chi connectivity index (χ0n) is 10.1. The Labute approximate surface area is 103 Å². The fourth-order valence-corrected chi connectivity index (χ4v) is 1.78. The molecule has 0 nitrogen and oxygen atoms in total. The first-order chi connectivity index (χ1) is 8.27. The molecule has 2 aromatic rings. The Bertz CT molecular complexity index is 518. The topological polar surface area (TPSA) is 0 Å². The lowest BCUT2D eigenvalue weighted by Crippen LogP contribution is -1.82. The molecule has 0 spiro atoms. The molecular formula is C17H16. The second-order valence-corrected chi connectivity index (χ2v) is 4.08. The van der Waals surface area contributed by atoms with Crippen molar-refractivity contribution in [1.82, 2.24) is 0 Å². The number of hydrogen-bond acceptors (Lipinski definition) is 0. The van der Waals surface area contributed by atoms with Gasteiger partial charge in [0.25, 0.3) is 0 Å². The van der Waals surface area contributed by atoms with E-state index in [0.29, 0.717) is 0 Å². The summed E-state index contributed by atoms with van der Waals surface area (Å²) in [7, 11) is 0. The summed E-state index contributed by atoms with van der Waals surface area (Å²) in [5.74, 6) is 0. The molecule has 0 aromatic heterocycles. The highest BCUT2D eigenvalue weighted by atomic mass is 14.0. The van der Waals surface area contributed by atoms with E-state index in [1.807, 2.05) is 24.3 Å². The fourth-order valence-electron chi connectivity index (χ4n) is 1.78. The molecule has 2 rings (SSSR count). The van der Waals surface area contributed by atoms with Crippen LogP contribution >= 0.6 is 0 Å². The Morgan fingerprint density at radius 2 is 1.29 bits per heavy atom. The van der Waals surface area contributed by atoms with Crippen molar-refractivity contribution in [3.05, 3.63) is 84.4 Å². The first-order valence-electron chi connectivity index (χ1n) is 5.75. The minimum Gasteiger partial charge on any atom is -0.0911 e. The van der Waals surface area contributed by atoms with E-state index in [2.05, 4.69) is 56.0 Å². The average molecular weight is 220 g/mol. The van der Waals surface area contributed by atoms with Crippen LogP contribution in [0.15, 0.2) is 73.3 Å². The van der Waals surface area contributed by atoms with E-state index in [9.17, 15) is 0 Å². The largest absolute Gasteiger partial charge is 0.0911 e. The van der Waals surface area contributed by atoms with Crippen molar-refractivity contribution in [3.8, 4) is 0 Å². The van der Waals surface area contributed by atoms with Crippen LogP contribution in [0.5, 0.6) is 0 Å². The van der Waals surface area contributed by atoms with Crippen LogP contribution in [0, 0.1) is 0 Å². The molecule has 0 atom stereocenters. The van der Waals surface area contributed by atoms with Gasteiger partial charge in [0.2, 0.25) is 0 Å². The third kappa shape index (κ3) is 2.94. The lowest BCUT2D eigenvalue weighted by molar-refractivity contribution is 1.56. The highest BCUT2D eigenvalue weighted by Gasteiger charge is 1.97. The second-order valence-electron chi connectivity index (χ2n) is 4.08. The summed E-state index contributed by atoms with van der Waals surface area (Å²) < 4.78 is 0. The molecule has 0 N–H and O–H groups in total. The molecule has 0 aliphatic carbocycles. The minimum atomic E-state index is 1.05. The third-order valence-electron chi connectivity index (χ3n) is 2.76. The maximum atomic E-state index is 4.11. The smallest absolute Gasteiger partial charge is 0.0190 e. The molecule has 2 aromatic carbocycles. The number of hydrogen-bond donors (Lipinski definition) is 0. The van der Waals surface area contributed by atoms with E-state index in [4.69, 9.17) is 0 Å². The predicted octanol–water partition coefficient (Wildman–Crippen LogP) is 4.80. The van der Waals surface area contributed by atoms with E-state index >= 15 is 0 Å². The van der Waals surface area contributed by atoms with Crippen molar-refractivity contribution in [3.63, 3.8) is 0 Å². The van der Waals surface area contributed by atoms with E-state index in [1.165, 1.54) is 16.7 Å². The van der Waals surface area contributed by atoms with Gasteiger partial charge in [0, 0.05) is 0 Å². The first-order valence-corrected chi connectivity index (χ1v) is 5.75. The average Bonchev–Trinajstić information content (AvgIpc) is 2.40. The Balaban J connectivity index is 2.24. The van der Waals surface area contributed by atoms with Gasteiger partial charge in [0.15, 0.2) is 0 Å². The highest BCUT2D eigenvalue weighted by molar-refractivity contribution is 5.81. The van der Waals surface area contributed by atoms with Crippen molar-refractivity contribution in [2.24, 2.45) is 0 Å². The van der Waals surface area contributed by atoms with E-state index < -0.39 is 0 Å². The van der Waals surface area contributed by atoms with Gasteiger partial charge in [-0.25, -0.2) is 0 Å². The van der Waals surface area contributed by atoms with Crippen molar-refractivity contribution >= 4 is 11.1 Å². The summed E-state index contributed by atoms with van der Waals surface area (Å²) in [6, 6.07) is 20.6. The van der Waals surface area contributed by atoms with Gasteiger partial charge in [-0.05, 0) is 29.2 Å². The Hall–Kier alpha value is -2.08. The quantitative estimate of drug-likeness (QED) is 0.651. The van der Waals surface area contributed by atoms with E-state index in [-0.39, 0.29) is 0 Å². The van der Waals surface area contributed by atoms with Crippen LogP contribution in [0.3, 0.4) is 0 Å². The second kappa shape index (κ2) is 5.31. The zero-order valence-corrected chi connectivity index (χ0v) is 10.1. The van der Waals surface area contributed by atoms with Crippen LogP contribution in [-0.2, 0) is 0 Å². The molecule has 84 valence electrons. The molecule has 0 aliphatic rings. The van der Waals surface area contributed by atoms with E-state index in [0.717, 1.165) is 5.57 Å². The van der Waals surface area contributed by atoms with Crippen molar-refractivity contribution in [2.45, 2.75) is 6.92 Å². The summed E-state index contributed by atoms with van der Waals surface area (Å²) in [6.45, 7) is 6.23. The summed E-state index contributed by atoms with van der Waals surface area (Å²) in [5, 5.41) is 0. The van der Waals surface area contributed by atoms with Gasteiger partial charge in [-0.15, -0.1) is 0 Å². The monoisotopic (exact) mass is 220 g/mol. The normalized spacial score (nSPS) is 11.2. The van der Waals surface area contributed by atoms with Crippen LogP contribution in [0.2, 0.25) is 0 Å². The van der Waals surface area contributed by atoms with Gasteiger partial charge in [-0.2, -0.15) is 0 Å². The Morgan fingerprint density at radius 1 is 0.824 bits per heavy atom. The van der Waals surface area contributed by atoms with Crippen LogP contribution in [-0.4, -0.2) is 0 Å². The Kier molecular flexibility index (Phi) is 3.56. The van der Waals surface area contributed by atoms with Gasteiger partial charge in [-0.3, -0.25) is 0 Å². The van der Waals surface area contributed by atoms with Crippen LogP contribution < -0.4 is 0 Å². The zero-order chi connectivity index (χ0) is 12.1. The van der Waals surface area contributed by atoms with Crippen LogP contribution in [0.1, 0.15) is 18.1 Å². The number of benzene rings is 2. The van der Waals surface area contributed by atoms with Gasteiger partial charge >= 0.3 is 0 Å². The van der Waals surface area contributed by atoms with Crippen molar-refractivity contribution in [1.29, 1.82) is 0 Å². The number of allylic oxidation sites excluding steroid dienone is 3. The molecule has 0 radical (unpaired) electrons. The first kappa shape index (κ1) is 11.4. The number of rotatable bonds is 3. The van der Waals surface area contributed by atoms with Crippen molar-refractivity contribution < 1.29 is 0 Å². The minimum absolute atomic E-state index is 1.05. The van der Waals surface area contributed by atoms with Gasteiger partial charge in [-0.1, -0.05) is 73.3 Å². The molecule has 0 saturated carbocycles. The summed E-state index contributed by atoms with van der Waals surface area (Å²) in [5.41, 5.74) is 4.69. The van der Waals surface area contributed by atoms with Gasteiger partial charge in [0.05, 0.1) is 0 Å². The molecular weight excluding hydrogens is 204 g/mol. The molecule has 0 amide bonds. The maximum Gasteiger partial charge on any atom is -0.0190 e. The van der Waals surface area contributed by atoms with E-state index in [1.54, 1.807) is 0 Å². The molecule has 0 heteroatoms. The highest BCUT2D eigenvalue weighted by Crippen LogP contribution is 2.20. The summed E-state index contributed by atoms with van der Waals surface area (Å²) >= 11 is 0. The molecule has 17 heavy (non-hydrogen) atoms. The maximum absolute atomic E-state index is 4.11. The molecule has 0 unspecified atom stereocenters.